The highest BCUT2D eigenvalue weighted by atomic mass is 32.2. The quantitative estimate of drug-likeness (QED) is 0.281. The number of phenolic OH excluding ortho intramolecular Hbond substituents is 1. The number of carbonyl (C=O) groups is 2. The fourth-order valence-corrected chi connectivity index (χ4v) is 4.75. The highest BCUT2D eigenvalue weighted by Gasteiger charge is 2.34. The second-order valence-corrected chi connectivity index (χ2v) is 9.62. The minimum absolute atomic E-state index is 0.0621. The molecule has 0 aliphatic heterocycles. The summed E-state index contributed by atoms with van der Waals surface area (Å²) in [6.45, 7) is 5.56. The standard InChI is InChI=1S/C25H23NO6S/c1-4-13(2)18-12-15(33(30,31)32)11-14(3)23(18)26-19-9-10-20(27)22-21(19)24(28)16-7-5-6-8-17(16)25(22)29/h5-13,26-27H,4H2,1-3H3,(H,30,31,32). The maximum absolute atomic E-state index is 13.3. The maximum atomic E-state index is 13.3. The van der Waals surface area contributed by atoms with Crippen molar-refractivity contribution in [3.05, 3.63) is 81.9 Å². The van der Waals surface area contributed by atoms with E-state index >= 15 is 0 Å². The summed E-state index contributed by atoms with van der Waals surface area (Å²) >= 11 is 0. The van der Waals surface area contributed by atoms with Gasteiger partial charge in [-0.25, -0.2) is 0 Å². The topological polar surface area (TPSA) is 121 Å². The van der Waals surface area contributed by atoms with Crippen LogP contribution in [0.5, 0.6) is 5.75 Å². The molecule has 0 aromatic heterocycles. The van der Waals surface area contributed by atoms with E-state index in [1.54, 1.807) is 31.2 Å². The van der Waals surface area contributed by atoms with Crippen LogP contribution in [0.25, 0.3) is 0 Å². The number of ketones is 2. The Hall–Kier alpha value is -3.49. The highest BCUT2D eigenvalue weighted by molar-refractivity contribution is 7.85. The van der Waals surface area contributed by atoms with Gasteiger partial charge in [-0.3, -0.25) is 14.1 Å². The molecule has 0 radical (unpaired) electrons. The fourth-order valence-electron chi connectivity index (χ4n) is 4.15. The molecule has 1 unspecified atom stereocenters. The normalized spacial score (nSPS) is 13.9. The van der Waals surface area contributed by atoms with Crippen molar-refractivity contribution in [3.63, 3.8) is 0 Å². The lowest BCUT2D eigenvalue weighted by molar-refractivity contribution is 0.0977. The Kier molecular flexibility index (Phi) is 5.59. The summed E-state index contributed by atoms with van der Waals surface area (Å²) in [6.07, 6.45) is 0.696. The van der Waals surface area contributed by atoms with Crippen molar-refractivity contribution in [2.75, 3.05) is 5.32 Å². The second kappa shape index (κ2) is 8.13. The third kappa shape index (κ3) is 3.81. The average Bonchev–Trinajstić information content (AvgIpc) is 2.78. The largest absolute Gasteiger partial charge is 0.507 e. The monoisotopic (exact) mass is 465 g/mol. The third-order valence-corrected chi connectivity index (χ3v) is 6.93. The molecule has 8 heteroatoms. The summed E-state index contributed by atoms with van der Waals surface area (Å²) in [7, 11) is -4.41. The first kappa shape index (κ1) is 22.7. The Morgan fingerprint density at radius 2 is 1.58 bits per heavy atom. The number of aromatic hydroxyl groups is 1. The number of nitrogens with one attached hydrogen (secondary N) is 1. The van der Waals surface area contributed by atoms with Gasteiger partial charge in [-0.05, 0) is 54.7 Å². The Morgan fingerprint density at radius 1 is 0.970 bits per heavy atom. The SMILES string of the molecule is CCC(C)c1cc(S(=O)(=O)O)cc(C)c1Nc1ccc(O)c2c1C(=O)c1ccccc1C2=O. The number of hydrogen-bond donors (Lipinski definition) is 3. The maximum Gasteiger partial charge on any atom is 0.294 e. The summed E-state index contributed by atoms with van der Waals surface area (Å²) in [6, 6.07) is 12.1. The zero-order chi connectivity index (χ0) is 24.1. The Labute approximate surface area is 191 Å². The van der Waals surface area contributed by atoms with Crippen LogP contribution < -0.4 is 5.32 Å². The van der Waals surface area contributed by atoms with Crippen molar-refractivity contribution in [3.8, 4) is 5.75 Å². The average molecular weight is 466 g/mol. The molecule has 170 valence electrons. The van der Waals surface area contributed by atoms with Crippen LogP contribution in [0, 0.1) is 6.92 Å². The molecule has 0 bridgehead atoms. The molecular weight excluding hydrogens is 442 g/mol. The van der Waals surface area contributed by atoms with Crippen LogP contribution in [-0.2, 0) is 10.1 Å². The van der Waals surface area contributed by atoms with Crippen LogP contribution in [0.4, 0.5) is 11.4 Å². The van der Waals surface area contributed by atoms with E-state index in [0.29, 0.717) is 28.9 Å². The molecule has 3 aromatic rings. The molecular formula is C25H23NO6S. The number of carbonyl (C=O) groups excluding carboxylic acids is 2. The zero-order valence-corrected chi connectivity index (χ0v) is 19.2. The Balaban J connectivity index is 1.92. The lowest BCUT2D eigenvalue weighted by Crippen LogP contribution is -2.22. The Bertz CT molecular complexity index is 1430. The Morgan fingerprint density at radius 3 is 2.15 bits per heavy atom. The number of fused-ring (bicyclic) bond motifs is 2. The van der Waals surface area contributed by atoms with Gasteiger partial charge in [0.1, 0.15) is 5.75 Å². The lowest BCUT2D eigenvalue weighted by atomic mass is 9.82. The van der Waals surface area contributed by atoms with Crippen molar-refractivity contribution >= 4 is 33.1 Å². The van der Waals surface area contributed by atoms with Crippen LogP contribution in [0.3, 0.4) is 0 Å². The van der Waals surface area contributed by atoms with E-state index < -0.39 is 21.7 Å². The molecule has 3 aromatic carbocycles. The number of rotatable bonds is 5. The molecule has 0 saturated heterocycles. The smallest absolute Gasteiger partial charge is 0.294 e. The zero-order valence-electron chi connectivity index (χ0n) is 18.3. The molecule has 1 aliphatic rings. The van der Waals surface area contributed by atoms with Gasteiger partial charge < -0.3 is 10.4 Å². The molecule has 0 saturated carbocycles. The molecule has 0 fully saturated rings. The molecule has 3 N–H and O–H groups in total. The van der Waals surface area contributed by atoms with Crippen LogP contribution >= 0.6 is 0 Å². The molecule has 1 aliphatic carbocycles. The van der Waals surface area contributed by atoms with Gasteiger partial charge in [0.2, 0.25) is 0 Å². The third-order valence-electron chi connectivity index (χ3n) is 6.09. The van der Waals surface area contributed by atoms with Crippen LogP contribution in [0.1, 0.15) is 69.2 Å². The molecule has 4 rings (SSSR count). The first-order chi connectivity index (χ1) is 15.5. The summed E-state index contributed by atoms with van der Waals surface area (Å²) in [4.78, 5) is 26.2. The van der Waals surface area contributed by atoms with E-state index in [1.165, 1.54) is 24.3 Å². The van der Waals surface area contributed by atoms with Gasteiger partial charge >= 0.3 is 0 Å². The van der Waals surface area contributed by atoms with Gasteiger partial charge in [0, 0.05) is 16.8 Å². The van der Waals surface area contributed by atoms with Crippen LogP contribution in [0.15, 0.2) is 53.4 Å². The number of benzene rings is 3. The van der Waals surface area contributed by atoms with E-state index in [4.69, 9.17) is 0 Å². The van der Waals surface area contributed by atoms with Gasteiger partial charge in [0.25, 0.3) is 10.1 Å². The molecule has 7 nitrogen and oxygen atoms in total. The number of hydrogen-bond acceptors (Lipinski definition) is 6. The predicted molar refractivity (Wildman–Crippen MR) is 124 cm³/mol. The summed E-state index contributed by atoms with van der Waals surface area (Å²) in [5.41, 5.74) is 2.56. The summed E-state index contributed by atoms with van der Waals surface area (Å²) in [5, 5.41) is 13.6. The van der Waals surface area contributed by atoms with Crippen molar-refractivity contribution in [1.82, 2.24) is 0 Å². The predicted octanol–water partition coefficient (Wildman–Crippen LogP) is 4.98. The van der Waals surface area contributed by atoms with E-state index in [0.717, 1.165) is 0 Å². The van der Waals surface area contributed by atoms with Crippen LogP contribution in [-0.4, -0.2) is 29.6 Å². The van der Waals surface area contributed by atoms with Crippen molar-refractivity contribution in [2.24, 2.45) is 0 Å². The molecule has 0 spiro atoms. The molecule has 0 amide bonds. The van der Waals surface area contributed by atoms with Crippen molar-refractivity contribution in [1.29, 1.82) is 0 Å². The van der Waals surface area contributed by atoms with E-state index in [2.05, 4.69) is 5.32 Å². The van der Waals surface area contributed by atoms with Crippen molar-refractivity contribution < 1.29 is 27.7 Å². The number of phenols is 1. The van der Waals surface area contributed by atoms with Gasteiger partial charge in [0.15, 0.2) is 11.6 Å². The summed E-state index contributed by atoms with van der Waals surface area (Å²) < 4.78 is 33.1. The van der Waals surface area contributed by atoms with E-state index in [-0.39, 0.29) is 38.8 Å². The molecule has 0 heterocycles. The number of aryl methyl sites for hydroxylation is 1. The molecule has 1 atom stereocenters. The van der Waals surface area contributed by atoms with Gasteiger partial charge in [0.05, 0.1) is 21.7 Å². The molecule has 33 heavy (non-hydrogen) atoms. The minimum Gasteiger partial charge on any atom is -0.507 e. The van der Waals surface area contributed by atoms with Gasteiger partial charge in [-0.2, -0.15) is 8.42 Å². The first-order valence-corrected chi connectivity index (χ1v) is 11.9. The number of anilines is 2. The minimum atomic E-state index is -4.41. The first-order valence-electron chi connectivity index (χ1n) is 10.5. The highest BCUT2D eigenvalue weighted by Crippen LogP contribution is 2.40. The van der Waals surface area contributed by atoms with Gasteiger partial charge in [-0.15, -0.1) is 0 Å². The fraction of sp³-hybridized carbons (Fsp3) is 0.200. The van der Waals surface area contributed by atoms with Crippen molar-refractivity contribution in [2.45, 2.75) is 38.0 Å². The lowest BCUT2D eigenvalue weighted by Gasteiger charge is -2.24. The van der Waals surface area contributed by atoms with E-state index in [9.17, 15) is 27.7 Å². The second-order valence-electron chi connectivity index (χ2n) is 8.20. The van der Waals surface area contributed by atoms with E-state index in [1.807, 2.05) is 13.8 Å². The summed E-state index contributed by atoms with van der Waals surface area (Å²) in [5.74, 6) is -1.19. The van der Waals surface area contributed by atoms with Gasteiger partial charge in [-0.1, -0.05) is 38.1 Å². The van der Waals surface area contributed by atoms with Crippen LogP contribution in [0.2, 0.25) is 0 Å².